The van der Waals surface area contributed by atoms with Crippen LogP contribution in [0.25, 0.3) is 34.5 Å². The van der Waals surface area contributed by atoms with Crippen LogP contribution in [0, 0.1) is 0 Å². The minimum absolute atomic E-state index is 0.210. The maximum atomic E-state index is 6.70. The van der Waals surface area contributed by atoms with Crippen LogP contribution in [0.3, 0.4) is 0 Å². The molecule has 0 saturated heterocycles. The maximum Gasteiger partial charge on any atom is 0.201 e. The number of fused-ring (bicyclic) bond motifs is 2. The first-order valence-corrected chi connectivity index (χ1v) is 17.0. The molecular weight excluding hydrogens is 627 g/mol. The Hall–Kier alpha value is -4.29. The molecule has 0 aliphatic carbocycles. The van der Waals surface area contributed by atoms with Crippen LogP contribution >= 0.6 is 23.2 Å². The van der Waals surface area contributed by atoms with Gasteiger partial charge in [-0.3, -0.25) is 10.1 Å². The van der Waals surface area contributed by atoms with Crippen LogP contribution in [-0.4, -0.2) is 38.4 Å². The Balaban J connectivity index is 1.39. The first kappa shape index (κ1) is 32.6. The van der Waals surface area contributed by atoms with Crippen molar-refractivity contribution in [1.82, 2.24) is 24.8 Å². The number of aromatic nitrogens is 5. The second-order valence-corrected chi connectivity index (χ2v) is 13.2. The van der Waals surface area contributed by atoms with Crippen molar-refractivity contribution in [2.24, 2.45) is 0 Å². The van der Waals surface area contributed by atoms with Gasteiger partial charge in [-0.2, -0.15) is 0 Å². The van der Waals surface area contributed by atoms with Crippen molar-refractivity contribution in [3.63, 3.8) is 0 Å². The van der Waals surface area contributed by atoms with Gasteiger partial charge in [-0.15, -0.1) is 15.9 Å². The minimum Gasteiger partial charge on any atom is -0.497 e. The summed E-state index contributed by atoms with van der Waals surface area (Å²) in [5.41, 5.74) is 10.7. The zero-order chi connectivity index (χ0) is 33.0. The second kappa shape index (κ2) is 14.2. The van der Waals surface area contributed by atoms with Crippen molar-refractivity contribution in [3.05, 3.63) is 106 Å². The van der Waals surface area contributed by atoms with Gasteiger partial charge >= 0.3 is 0 Å². The third-order valence-electron chi connectivity index (χ3n) is 8.89. The molecule has 0 spiro atoms. The van der Waals surface area contributed by atoms with E-state index >= 15 is 0 Å². The highest BCUT2D eigenvalue weighted by Crippen LogP contribution is 2.49. The van der Waals surface area contributed by atoms with Crippen molar-refractivity contribution < 1.29 is 4.74 Å². The molecule has 3 aromatic heterocycles. The SMILES string of the molecule is CCCCCCCCN1C(=CC=C=Cc2c(-c3ccc(Cl)cc3Cl)[nH]n3c(-c4ccccn4)nnc23)C(C)(C)c2cc(OC)ccc21. The topological polar surface area (TPSA) is 71.3 Å². The predicted molar refractivity (Wildman–Crippen MR) is 193 cm³/mol. The number of nitrogens with one attached hydrogen (secondary N) is 1. The second-order valence-electron chi connectivity index (χ2n) is 12.4. The number of H-pyrrole nitrogens is 1. The smallest absolute Gasteiger partial charge is 0.201 e. The van der Waals surface area contributed by atoms with Gasteiger partial charge in [-0.1, -0.05) is 82.1 Å². The van der Waals surface area contributed by atoms with E-state index in [0.29, 0.717) is 27.2 Å². The number of rotatable bonds is 12. The number of pyridine rings is 1. The fourth-order valence-corrected chi connectivity index (χ4v) is 6.88. The number of benzene rings is 2. The van der Waals surface area contributed by atoms with Gasteiger partial charge in [0.2, 0.25) is 5.82 Å². The summed E-state index contributed by atoms with van der Waals surface area (Å²) in [7, 11) is 1.72. The molecule has 6 rings (SSSR count). The van der Waals surface area contributed by atoms with Gasteiger partial charge in [0.05, 0.1) is 23.4 Å². The third kappa shape index (κ3) is 6.62. The van der Waals surface area contributed by atoms with E-state index < -0.39 is 0 Å². The van der Waals surface area contributed by atoms with Crippen LogP contribution < -0.4 is 9.64 Å². The quantitative estimate of drug-likeness (QED) is 0.106. The summed E-state index contributed by atoms with van der Waals surface area (Å²) in [5.74, 6) is 1.47. The van der Waals surface area contributed by atoms with Crippen LogP contribution in [0.1, 0.15) is 70.4 Å². The number of anilines is 1. The van der Waals surface area contributed by atoms with Gasteiger partial charge in [-0.05, 0) is 78.7 Å². The van der Waals surface area contributed by atoms with Gasteiger partial charge in [-0.25, -0.2) is 4.52 Å². The van der Waals surface area contributed by atoms with Crippen LogP contribution in [0.2, 0.25) is 10.0 Å². The van der Waals surface area contributed by atoms with Crippen LogP contribution in [0.4, 0.5) is 5.69 Å². The highest BCUT2D eigenvalue weighted by Gasteiger charge is 2.39. The van der Waals surface area contributed by atoms with E-state index in [0.717, 1.165) is 35.5 Å². The Morgan fingerprint density at radius 2 is 1.81 bits per heavy atom. The molecule has 2 aromatic carbocycles. The van der Waals surface area contributed by atoms with Crippen molar-refractivity contribution in [3.8, 4) is 28.5 Å². The number of unbranched alkanes of at least 4 members (excludes halogenated alkanes) is 5. The Bertz CT molecular complexity index is 1970. The highest BCUT2D eigenvalue weighted by atomic mass is 35.5. The number of allylic oxidation sites excluding steroid dienone is 3. The van der Waals surface area contributed by atoms with E-state index in [1.807, 2.05) is 47.0 Å². The van der Waals surface area contributed by atoms with Crippen LogP contribution in [0.5, 0.6) is 5.75 Å². The molecule has 1 aliphatic heterocycles. The van der Waals surface area contributed by atoms with Gasteiger partial charge in [0.1, 0.15) is 11.4 Å². The van der Waals surface area contributed by atoms with E-state index in [-0.39, 0.29) is 5.41 Å². The van der Waals surface area contributed by atoms with Crippen molar-refractivity contribution in [2.75, 3.05) is 18.6 Å². The number of aromatic amines is 1. The van der Waals surface area contributed by atoms with Gasteiger partial charge in [0.25, 0.3) is 0 Å². The average Bonchev–Trinajstić information content (AvgIpc) is 3.70. The Kier molecular flexibility index (Phi) is 9.88. The molecule has 242 valence electrons. The van der Waals surface area contributed by atoms with Gasteiger partial charge in [0, 0.05) is 40.1 Å². The largest absolute Gasteiger partial charge is 0.497 e. The number of ether oxygens (including phenoxy) is 1. The molecule has 1 N–H and O–H groups in total. The molecule has 5 aromatic rings. The van der Waals surface area contributed by atoms with Crippen molar-refractivity contribution in [1.29, 1.82) is 0 Å². The normalized spacial score (nSPS) is 14.4. The number of halogens is 2. The fourth-order valence-electron chi connectivity index (χ4n) is 6.37. The molecule has 9 heteroatoms. The first-order chi connectivity index (χ1) is 22.8. The lowest BCUT2D eigenvalue weighted by molar-refractivity contribution is 0.413. The molecule has 0 unspecified atom stereocenters. The highest BCUT2D eigenvalue weighted by molar-refractivity contribution is 6.36. The standard InChI is InChI=1S/C38H40Cl2N6O/c1-5-6-7-8-9-14-23-45-33-21-19-27(47-4)25-30(33)38(2,3)34(45)17-11-10-15-29-35(28-20-18-26(39)24-31(28)40)44-46-36(29)42-43-37(46)32-16-12-13-22-41-32/h11-13,15-22,24-25,44H,5-9,14,23H2,1-4H3. The first-order valence-electron chi connectivity index (χ1n) is 16.3. The number of hydrogen-bond acceptors (Lipinski definition) is 5. The van der Waals surface area contributed by atoms with Crippen LogP contribution in [-0.2, 0) is 5.41 Å². The molecule has 0 amide bonds. The monoisotopic (exact) mass is 666 g/mol. The zero-order valence-electron chi connectivity index (χ0n) is 27.4. The van der Waals surface area contributed by atoms with Crippen molar-refractivity contribution >= 4 is 40.6 Å². The van der Waals surface area contributed by atoms with E-state index in [1.54, 1.807) is 19.4 Å². The number of nitrogens with zero attached hydrogens (tertiary/aromatic N) is 5. The lowest BCUT2D eigenvalue weighted by atomic mass is 9.83. The molecule has 0 atom stereocenters. The Morgan fingerprint density at radius 3 is 2.57 bits per heavy atom. The Labute approximate surface area is 286 Å². The molecular formula is C38H40Cl2N6O. The van der Waals surface area contributed by atoms with E-state index in [9.17, 15) is 0 Å². The summed E-state index contributed by atoms with van der Waals surface area (Å²) >= 11 is 12.9. The van der Waals surface area contributed by atoms with Gasteiger partial charge < -0.3 is 9.64 Å². The van der Waals surface area contributed by atoms with Crippen LogP contribution in [0.15, 0.2) is 84.4 Å². The fraction of sp³-hybridized carbons (Fsp3) is 0.316. The third-order valence-corrected chi connectivity index (χ3v) is 9.44. The molecule has 1 aliphatic rings. The lowest BCUT2D eigenvalue weighted by Gasteiger charge is -2.27. The molecule has 0 fully saturated rings. The Morgan fingerprint density at radius 1 is 0.979 bits per heavy atom. The zero-order valence-corrected chi connectivity index (χ0v) is 28.9. The summed E-state index contributed by atoms with van der Waals surface area (Å²) in [6.07, 6.45) is 15.3. The van der Waals surface area contributed by atoms with Gasteiger partial charge in [0.15, 0.2) is 5.65 Å². The number of methoxy groups -OCH3 is 1. The van der Waals surface area contributed by atoms with E-state index in [2.05, 4.69) is 76.0 Å². The molecule has 7 nitrogen and oxygen atoms in total. The summed E-state index contributed by atoms with van der Waals surface area (Å²) in [4.78, 5) is 6.95. The van der Waals surface area contributed by atoms with Crippen molar-refractivity contribution in [2.45, 2.75) is 64.7 Å². The molecule has 0 radical (unpaired) electrons. The predicted octanol–water partition coefficient (Wildman–Crippen LogP) is 10.3. The molecule has 47 heavy (non-hydrogen) atoms. The van der Waals surface area contributed by atoms with E-state index in [4.69, 9.17) is 27.9 Å². The summed E-state index contributed by atoms with van der Waals surface area (Å²) < 4.78 is 7.44. The maximum absolute atomic E-state index is 6.70. The molecule has 4 heterocycles. The summed E-state index contributed by atoms with van der Waals surface area (Å²) in [5, 5.41) is 13.5. The lowest BCUT2D eigenvalue weighted by Crippen LogP contribution is -2.27. The van der Waals surface area contributed by atoms with E-state index in [1.165, 1.54) is 49.1 Å². The summed E-state index contributed by atoms with van der Waals surface area (Å²) in [6, 6.07) is 17.6. The summed E-state index contributed by atoms with van der Waals surface area (Å²) in [6.45, 7) is 7.78. The average molecular weight is 668 g/mol. The molecule has 0 bridgehead atoms. The minimum atomic E-state index is -0.210. The number of hydrogen-bond donors (Lipinski definition) is 1. The molecule has 0 saturated carbocycles.